The first-order chi connectivity index (χ1) is 10.6. The first-order valence-corrected chi connectivity index (χ1v) is 7.50. The van der Waals surface area contributed by atoms with Crippen LogP contribution in [0.1, 0.15) is 22.3 Å². The van der Waals surface area contributed by atoms with Crippen molar-refractivity contribution in [2.45, 2.75) is 18.9 Å². The zero-order valence-corrected chi connectivity index (χ0v) is 12.2. The van der Waals surface area contributed by atoms with Crippen molar-refractivity contribution >= 4 is 11.9 Å². The van der Waals surface area contributed by atoms with Gasteiger partial charge in [0, 0.05) is 6.54 Å². The summed E-state index contributed by atoms with van der Waals surface area (Å²) in [6, 6.07) is 6.40. The average Bonchev–Trinajstić information content (AvgIpc) is 2.89. The minimum absolute atomic E-state index is 0.0440. The molecule has 1 fully saturated rings. The maximum Gasteiger partial charge on any atom is 0.335 e. The number of carbonyl (C=O) groups is 2. The third-order valence-corrected chi connectivity index (χ3v) is 4.34. The highest BCUT2D eigenvalue weighted by molar-refractivity contribution is 5.87. The Morgan fingerprint density at radius 2 is 2.00 bits per heavy atom. The Hall–Kier alpha value is -2.14. The first-order valence-electron chi connectivity index (χ1n) is 7.50. The number of carboxylic acids is 1. The van der Waals surface area contributed by atoms with Gasteiger partial charge in [-0.15, -0.1) is 0 Å². The minimum Gasteiger partial charge on any atom is -0.478 e. The Morgan fingerprint density at radius 1 is 1.23 bits per heavy atom. The number of ether oxygens (including phenoxy) is 1. The lowest BCUT2D eigenvalue weighted by Gasteiger charge is -2.22. The van der Waals surface area contributed by atoms with Gasteiger partial charge in [0.15, 0.2) is 0 Å². The topological polar surface area (TPSA) is 75.6 Å². The molecule has 2 bridgehead atoms. The number of benzene rings is 1. The molecular weight excluding hydrogens is 282 g/mol. The van der Waals surface area contributed by atoms with E-state index >= 15 is 0 Å². The fraction of sp³-hybridized carbons (Fsp3) is 0.412. The highest BCUT2D eigenvalue weighted by atomic mass is 16.5. The van der Waals surface area contributed by atoms with Crippen molar-refractivity contribution in [2.24, 2.45) is 11.8 Å². The molecule has 1 heterocycles. The Bertz CT molecular complexity index is 593. The second kappa shape index (κ2) is 6.32. The van der Waals surface area contributed by atoms with Crippen LogP contribution in [0.15, 0.2) is 36.4 Å². The second-order valence-electron chi connectivity index (χ2n) is 5.90. The van der Waals surface area contributed by atoms with E-state index in [9.17, 15) is 9.59 Å². The van der Waals surface area contributed by atoms with E-state index in [4.69, 9.17) is 9.84 Å². The van der Waals surface area contributed by atoms with Gasteiger partial charge in [0.1, 0.15) is 0 Å². The van der Waals surface area contributed by atoms with E-state index in [1.165, 1.54) is 12.1 Å². The zero-order chi connectivity index (χ0) is 15.5. The fourth-order valence-electron chi connectivity index (χ4n) is 3.02. The van der Waals surface area contributed by atoms with Crippen molar-refractivity contribution in [1.29, 1.82) is 0 Å². The molecule has 5 heteroatoms. The van der Waals surface area contributed by atoms with Crippen LogP contribution < -0.4 is 5.32 Å². The number of aromatic carboxylic acids is 1. The molecule has 0 radical (unpaired) electrons. The Balaban J connectivity index is 1.49. The van der Waals surface area contributed by atoms with Gasteiger partial charge in [-0.25, -0.2) is 4.79 Å². The molecule has 1 aromatic rings. The highest BCUT2D eigenvalue weighted by Gasteiger charge is 2.32. The summed E-state index contributed by atoms with van der Waals surface area (Å²) in [5.74, 6) is -0.156. The van der Waals surface area contributed by atoms with E-state index in [1.807, 2.05) is 0 Å². The van der Waals surface area contributed by atoms with Crippen LogP contribution in [0.2, 0.25) is 0 Å². The summed E-state index contributed by atoms with van der Waals surface area (Å²) in [6.45, 7) is 1.40. The molecule has 22 heavy (non-hydrogen) atoms. The van der Waals surface area contributed by atoms with Crippen LogP contribution in [0.4, 0.5) is 0 Å². The SMILES string of the molecule is O=C(Cc1ccc(C(=O)O)cc1)NC[C@@H]1C=C[C@H]2C[C@@H]1CO2. The van der Waals surface area contributed by atoms with Gasteiger partial charge in [-0.2, -0.15) is 0 Å². The number of nitrogens with one attached hydrogen (secondary N) is 1. The lowest BCUT2D eigenvalue weighted by molar-refractivity contribution is -0.120. The Labute approximate surface area is 129 Å². The van der Waals surface area contributed by atoms with E-state index in [0.29, 0.717) is 18.4 Å². The van der Waals surface area contributed by atoms with E-state index in [-0.39, 0.29) is 24.0 Å². The molecule has 5 nitrogen and oxygen atoms in total. The molecule has 1 saturated heterocycles. The monoisotopic (exact) mass is 301 g/mol. The smallest absolute Gasteiger partial charge is 0.335 e. The number of carboxylic acid groups (broad SMARTS) is 1. The molecule has 0 saturated carbocycles. The van der Waals surface area contributed by atoms with Gasteiger partial charge in [0.2, 0.25) is 5.91 Å². The van der Waals surface area contributed by atoms with Gasteiger partial charge in [-0.05, 0) is 36.0 Å². The molecule has 3 rings (SSSR count). The molecule has 1 aliphatic heterocycles. The number of amides is 1. The maximum atomic E-state index is 12.0. The lowest BCUT2D eigenvalue weighted by Crippen LogP contribution is -2.33. The van der Waals surface area contributed by atoms with Crippen molar-refractivity contribution in [2.75, 3.05) is 13.2 Å². The number of carbonyl (C=O) groups excluding carboxylic acids is 1. The van der Waals surface area contributed by atoms with Gasteiger partial charge in [0.05, 0.1) is 24.7 Å². The molecule has 2 aliphatic rings. The van der Waals surface area contributed by atoms with E-state index in [2.05, 4.69) is 17.5 Å². The van der Waals surface area contributed by atoms with Crippen molar-refractivity contribution in [3.05, 3.63) is 47.5 Å². The third-order valence-electron chi connectivity index (χ3n) is 4.34. The molecule has 0 aromatic heterocycles. The van der Waals surface area contributed by atoms with Crippen LogP contribution in [0.25, 0.3) is 0 Å². The van der Waals surface area contributed by atoms with Crippen LogP contribution in [0.3, 0.4) is 0 Å². The summed E-state index contributed by atoms with van der Waals surface area (Å²) in [5.41, 5.74) is 1.04. The average molecular weight is 301 g/mol. The first kappa shape index (κ1) is 14.8. The predicted molar refractivity (Wildman–Crippen MR) is 80.6 cm³/mol. The molecule has 2 N–H and O–H groups in total. The minimum atomic E-state index is -0.961. The van der Waals surface area contributed by atoms with Crippen LogP contribution in [0.5, 0.6) is 0 Å². The molecule has 1 amide bonds. The van der Waals surface area contributed by atoms with Crippen molar-refractivity contribution < 1.29 is 19.4 Å². The number of rotatable bonds is 5. The normalized spacial score (nSPS) is 25.9. The molecule has 3 atom stereocenters. The quantitative estimate of drug-likeness (QED) is 0.811. The summed E-state index contributed by atoms with van der Waals surface area (Å²) in [6.07, 6.45) is 5.82. The van der Waals surface area contributed by atoms with Crippen LogP contribution in [-0.2, 0) is 16.0 Å². The Morgan fingerprint density at radius 3 is 2.73 bits per heavy atom. The third kappa shape index (κ3) is 3.36. The van der Waals surface area contributed by atoms with Gasteiger partial charge in [-0.1, -0.05) is 24.3 Å². The summed E-state index contributed by atoms with van der Waals surface area (Å²) in [7, 11) is 0. The molecule has 1 aliphatic carbocycles. The highest BCUT2D eigenvalue weighted by Crippen LogP contribution is 2.32. The van der Waals surface area contributed by atoms with Crippen molar-refractivity contribution in [3.8, 4) is 0 Å². The van der Waals surface area contributed by atoms with Crippen LogP contribution in [0, 0.1) is 11.8 Å². The molecule has 0 unspecified atom stereocenters. The summed E-state index contributed by atoms with van der Waals surface area (Å²) < 4.78 is 5.59. The van der Waals surface area contributed by atoms with E-state index in [1.54, 1.807) is 12.1 Å². The van der Waals surface area contributed by atoms with Gasteiger partial charge < -0.3 is 15.2 Å². The maximum absolute atomic E-state index is 12.0. The predicted octanol–water partition coefficient (Wildman–Crippen LogP) is 1.63. The van der Waals surface area contributed by atoms with Crippen molar-refractivity contribution in [3.63, 3.8) is 0 Å². The second-order valence-corrected chi connectivity index (χ2v) is 5.90. The molecule has 0 spiro atoms. The number of hydrogen-bond acceptors (Lipinski definition) is 3. The standard InChI is InChI=1S/C17H19NO4/c19-16(7-11-1-3-12(4-2-11)17(20)21)18-9-13-5-6-15-8-14(13)10-22-15/h1-6,13-15H,7-10H2,(H,18,19)(H,20,21)/t13-,14+,15-/m0/s1. The summed E-state index contributed by atoms with van der Waals surface area (Å²) in [4.78, 5) is 22.8. The van der Waals surface area contributed by atoms with Crippen molar-refractivity contribution in [1.82, 2.24) is 5.32 Å². The van der Waals surface area contributed by atoms with Crippen LogP contribution >= 0.6 is 0 Å². The van der Waals surface area contributed by atoms with Gasteiger partial charge in [0.25, 0.3) is 0 Å². The van der Waals surface area contributed by atoms with Gasteiger partial charge >= 0.3 is 5.97 Å². The summed E-state index contributed by atoms with van der Waals surface area (Å²) in [5, 5.41) is 11.8. The zero-order valence-electron chi connectivity index (χ0n) is 12.2. The molecule has 1 aromatic carbocycles. The number of fused-ring (bicyclic) bond motifs is 2. The Kier molecular flexibility index (Phi) is 4.24. The summed E-state index contributed by atoms with van der Waals surface area (Å²) >= 11 is 0. The lowest BCUT2D eigenvalue weighted by atomic mass is 9.85. The number of hydrogen-bond donors (Lipinski definition) is 2. The fourth-order valence-corrected chi connectivity index (χ4v) is 3.02. The van der Waals surface area contributed by atoms with E-state index < -0.39 is 5.97 Å². The van der Waals surface area contributed by atoms with E-state index in [0.717, 1.165) is 18.6 Å². The molecule has 116 valence electrons. The van der Waals surface area contributed by atoms with Crippen LogP contribution in [-0.4, -0.2) is 36.2 Å². The molecular formula is C17H19NO4. The largest absolute Gasteiger partial charge is 0.478 e. The van der Waals surface area contributed by atoms with Gasteiger partial charge in [-0.3, -0.25) is 4.79 Å².